The largest absolute Gasteiger partial charge is 0.415 e. The predicted octanol–water partition coefficient (Wildman–Crippen LogP) is 3.74. The zero-order chi connectivity index (χ0) is 21.5. The predicted molar refractivity (Wildman–Crippen MR) is 116 cm³/mol. The molecule has 0 spiro atoms. The highest BCUT2D eigenvalue weighted by Gasteiger charge is 2.25. The normalized spacial score (nSPS) is 17.9. The maximum Gasteiger partial charge on any atom is 0.415 e. The minimum atomic E-state index is -0.340. The summed E-state index contributed by atoms with van der Waals surface area (Å²) < 4.78 is 7.11. The quantitative estimate of drug-likeness (QED) is 0.761. The Labute approximate surface area is 182 Å². The first-order valence-electron chi connectivity index (χ1n) is 11.2. The van der Waals surface area contributed by atoms with Crippen LogP contribution in [0.5, 0.6) is 5.75 Å². The molecule has 4 rings (SSSR count). The number of imidazole rings is 1. The lowest BCUT2D eigenvalue weighted by Crippen LogP contribution is -2.41. The van der Waals surface area contributed by atoms with Crippen molar-refractivity contribution in [2.75, 3.05) is 25.0 Å². The van der Waals surface area contributed by atoms with Gasteiger partial charge in [-0.15, -0.1) is 0 Å². The topological polar surface area (TPSA) is 85.7 Å². The molecule has 0 unspecified atom stereocenters. The number of anilines is 1. The average Bonchev–Trinajstić information content (AvgIpc) is 3.33. The number of nitrogens with zero attached hydrogens (tertiary/aromatic N) is 3. The van der Waals surface area contributed by atoms with Crippen molar-refractivity contribution in [3.63, 3.8) is 0 Å². The van der Waals surface area contributed by atoms with Crippen molar-refractivity contribution in [1.82, 2.24) is 14.6 Å². The van der Waals surface area contributed by atoms with E-state index in [2.05, 4.69) is 10.3 Å². The molecule has 0 bridgehead atoms. The van der Waals surface area contributed by atoms with Crippen LogP contribution < -0.4 is 14.9 Å². The molecule has 2 fully saturated rings. The Morgan fingerprint density at radius 2 is 1.77 bits per heavy atom. The van der Waals surface area contributed by atoms with E-state index in [0.29, 0.717) is 31.4 Å². The Bertz CT molecular complexity index is 839. The van der Waals surface area contributed by atoms with E-state index >= 15 is 0 Å². The van der Waals surface area contributed by atoms with Gasteiger partial charge in [0.15, 0.2) is 0 Å². The lowest BCUT2D eigenvalue weighted by Gasteiger charge is -2.30. The second-order valence-electron chi connectivity index (χ2n) is 8.37. The second kappa shape index (κ2) is 10.3. The molecule has 1 saturated heterocycles. The molecule has 2 heterocycles. The number of carbonyl (C=O) groups excluding carboxylic acids is 2. The zero-order valence-electron chi connectivity index (χ0n) is 17.7. The van der Waals surface area contributed by atoms with Gasteiger partial charge in [0, 0.05) is 30.9 Å². The molecule has 2 amide bonds. The molecular formula is C23H30N4O4. The standard InChI is InChI=1S/C23H30N4O4/c28-22(19-4-2-1-3-5-19)25-20-6-8-21(9-7-20)31-23(29)26-13-10-18(11-14-26)16-30-27-15-12-24-17-27/h6-9,12,15,17-19H,1-5,10-11,13-14,16H2,(H,25,28). The van der Waals surface area contributed by atoms with Gasteiger partial charge in [0.25, 0.3) is 0 Å². The van der Waals surface area contributed by atoms with E-state index in [0.717, 1.165) is 44.2 Å². The summed E-state index contributed by atoms with van der Waals surface area (Å²) in [5, 5.41) is 2.98. The van der Waals surface area contributed by atoms with Gasteiger partial charge in [0.05, 0.1) is 6.20 Å². The van der Waals surface area contributed by atoms with Crippen LogP contribution in [0.4, 0.5) is 10.5 Å². The van der Waals surface area contributed by atoms with E-state index in [1.807, 2.05) is 0 Å². The molecular weight excluding hydrogens is 396 g/mol. The Kier molecular flexibility index (Phi) is 7.07. The summed E-state index contributed by atoms with van der Waals surface area (Å²) in [6, 6.07) is 7.01. The SMILES string of the molecule is O=C(Nc1ccc(OC(=O)N2CCC(COn3ccnc3)CC2)cc1)C1CCCCC1. The lowest BCUT2D eigenvalue weighted by atomic mass is 9.88. The number of benzene rings is 1. The lowest BCUT2D eigenvalue weighted by molar-refractivity contribution is -0.120. The molecule has 166 valence electrons. The van der Waals surface area contributed by atoms with Crippen molar-refractivity contribution >= 4 is 17.7 Å². The minimum absolute atomic E-state index is 0.0873. The molecule has 1 aromatic heterocycles. The number of likely N-dealkylation sites (tertiary alicyclic amines) is 1. The summed E-state index contributed by atoms with van der Waals surface area (Å²) in [6.07, 6.45) is 11.9. The van der Waals surface area contributed by atoms with Gasteiger partial charge in [-0.05, 0) is 55.9 Å². The van der Waals surface area contributed by atoms with Crippen LogP contribution in [-0.2, 0) is 4.79 Å². The Balaban J connectivity index is 1.19. The number of piperidine rings is 1. The highest BCUT2D eigenvalue weighted by Crippen LogP contribution is 2.26. The Hall–Kier alpha value is -3.03. The zero-order valence-corrected chi connectivity index (χ0v) is 17.7. The van der Waals surface area contributed by atoms with Gasteiger partial charge in [-0.2, -0.15) is 4.73 Å². The van der Waals surface area contributed by atoms with Gasteiger partial charge >= 0.3 is 6.09 Å². The summed E-state index contributed by atoms with van der Waals surface area (Å²) in [4.78, 5) is 36.2. The minimum Gasteiger partial charge on any atom is -0.413 e. The molecule has 1 aliphatic carbocycles. The first-order chi connectivity index (χ1) is 15.2. The van der Waals surface area contributed by atoms with Gasteiger partial charge in [-0.3, -0.25) is 4.79 Å². The van der Waals surface area contributed by atoms with Gasteiger partial charge in [-0.1, -0.05) is 19.3 Å². The average molecular weight is 427 g/mol. The number of aromatic nitrogens is 2. The van der Waals surface area contributed by atoms with E-state index in [1.165, 1.54) is 6.42 Å². The number of hydrogen-bond donors (Lipinski definition) is 1. The van der Waals surface area contributed by atoms with Gasteiger partial charge < -0.3 is 19.8 Å². The van der Waals surface area contributed by atoms with Crippen molar-refractivity contribution < 1.29 is 19.2 Å². The third-order valence-corrected chi connectivity index (χ3v) is 6.12. The molecule has 2 aromatic rings. The first kappa shape index (κ1) is 21.2. The third kappa shape index (κ3) is 5.99. The monoisotopic (exact) mass is 426 g/mol. The number of carbonyl (C=O) groups is 2. The fourth-order valence-corrected chi connectivity index (χ4v) is 4.18. The Morgan fingerprint density at radius 3 is 2.45 bits per heavy atom. The van der Waals surface area contributed by atoms with Gasteiger partial charge in [-0.25, -0.2) is 9.78 Å². The van der Waals surface area contributed by atoms with Crippen LogP contribution in [-0.4, -0.2) is 46.3 Å². The summed E-state index contributed by atoms with van der Waals surface area (Å²) in [6.45, 7) is 1.89. The van der Waals surface area contributed by atoms with Crippen molar-refractivity contribution in [2.45, 2.75) is 44.9 Å². The van der Waals surface area contributed by atoms with Crippen LogP contribution in [0.25, 0.3) is 0 Å². The number of nitrogens with one attached hydrogen (secondary N) is 1. The fraction of sp³-hybridized carbons (Fsp3) is 0.522. The number of amides is 2. The van der Waals surface area contributed by atoms with Crippen LogP contribution in [0.15, 0.2) is 43.0 Å². The van der Waals surface area contributed by atoms with Crippen LogP contribution in [0.1, 0.15) is 44.9 Å². The maximum absolute atomic E-state index is 12.5. The van der Waals surface area contributed by atoms with E-state index in [-0.39, 0.29) is 17.9 Å². The number of rotatable bonds is 6. The van der Waals surface area contributed by atoms with E-state index < -0.39 is 0 Å². The maximum atomic E-state index is 12.5. The summed E-state index contributed by atoms with van der Waals surface area (Å²) in [5.74, 6) is 1.08. The van der Waals surface area contributed by atoms with E-state index in [4.69, 9.17) is 9.57 Å². The first-order valence-corrected chi connectivity index (χ1v) is 11.2. The highest BCUT2D eigenvalue weighted by atomic mass is 16.7. The smallest absolute Gasteiger partial charge is 0.413 e. The van der Waals surface area contributed by atoms with Crippen LogP contribution in [0, 0.1) is 11.8 Å². The van der Waals surface area contributed by atoms with Gasteiger partial charge in [0.1, 0.15) is 18.7 Å². The molecule has 8 heteroatoms. The molecule has 1 N–H and O–H groups in total. The molecule has 1 aromatic carbocycles. The van der Waals surface area contributed by atoms with Gasteiger partial charge in [0.2, 0.25) is 5.91 Å². The summed E-state index contributed by atoms with van der Waals surface area (Å²) in [7, 11) is 0. The van der Waals surface area contributed by atoms with E-state index in [1.54, 1.807) is 52.6 Å². The fourth-order valence-electron chi connectivity index (χ4n) is 4.18. The van der Waals surface area contributed by atoms with Crippen molar-refractivity contribution in [3.05, 3.63) is 43.0 Å². The van der Waals surface area contributed by atoms with Crippen molar-refractivity contribution in [2.24, 2.45) is 11.8 Å². The highest BCUT2D eigenvalue weighted by molar-refractivity contribution is 5.92. The number of ether oxygens (including phenoxy) is 1. The molecule has 0 radical (unpaired) electrons. The molecule has 0 atom stereocenters. The van der Waals surface area contributed by atoms with Crippen molar-refractivity contribution in [3.8, 4) is 5.75 Å². The molecule has 2 aliphatic rings. The van der Waals surface area contributed by atoms with Crippen LogP contribution in [0.3, 0.4) is 0 Å². The van der Waals surface area contributed by atoms with Crippen molar-refractivity contribution in [1.29, 1.82) is 0 Å². The summed E-state index contributed by atoms with van der Waals surface area (Å²) >= 11 is 0. The molecule has 1 aliphatic heterocycles. The number of hydrogen-bond acceptors (Lipinski definition) is 5. The third-order valence-electron chi connectivity index (χ3n) is 6.12. The summed E-state index contributed by atoms with van der Waals surface area (Å²) in [5.41, 5.74) is 0.731. The van der Waals surface area contributed by atoms with Crippen LogP contribution in [0.2, 0.25) is 0 Å². The van der Waals surface area contributed by atoms with E-state index in [9.17, 15) is 9.59 Å². The molecule has 8 nitrogen and oxygen atoms in total. The van der Waals surface area contributed by atoms with Crippen LogP contribution >= 0.6 is 0 Å². The molecule has 1 saturated carbocycles. The molecule has 31 heavy (non-hydrogen) atoms. The second-order valence-corrected chi connectivity index (χ2v) is 8.37. The Morgan fingerprint density at radius 1 is 1.03 bits per heavy atom.